The highest BCUT2D eigenvalue weighted by atomic mass is 19.1. The highest BCUT2D eigenvalue weighted by Gasteiger charge is 2.13. The summed E-state index contributed by atoms with van der Waals surface area (Å²) < 4.78 is 13.4. The van der Waals surface area contributed by atoms with Crippen LogP contribution in [0.3, 0.4) is 0 Å². The molecule has 0 unspecified atom stereocenters. The lowest BCUT2D eigenvalue weighted by molar-refractivity contribution is -0.117. The topological polar surface area (TPSA) is 32.3 Å². The highest BCUT2D eigenvalue weighted by Crippen LogP contribution is 2.16. The number of hydrogen-bond acceptors (Lipinski definition) is 2. The Hall–Kier alpha value is -1.68. The van der Waals surface area contributed by atoms with Crippen molar-refractivity contribution in [2.45, 2.75) is 0 Å². The molecule has 0 saturated carbocycles. The van der Waals surface area contributed by atoms with E-state index in [-0.39, 0.29) is 18.1 Å². The van der Waals surface area contributed by atoms with Gasteiger partial charge in [0, 0.05) is 13.6 Å². The first-order valence-corrected chi connectivity index (χ1v) is 4.99. The lowest BCUT2D eigenvalue weighted by Crippen LogP contribution is -2.36. The maximum atomic E-state index is 13.4. The van der Waals surface area contributed by atoms with E-state index >= 15 is 0 Å². The van der Waals surface area contributed by atoms with Crippen LogP contribution in [0.2, 0.25) is 0 Å². The fourth-order valence-electron chi connectivity index (χ4n) is 1.26. The molecule has 0 aliphatic rings. The van der Waals surface area contributed by atoms with Crippen molar-refractivity contribution in [1.82, 2.24) is 5.32 Å². The zero-order chi connectivity index (χ0) is 12.0. The van der Waals surface area contributed by atoms with Gasteiger partial charge in [-0.05, 0) is 12.1 Å². The summed E-state index contributed by atoms with van der Waals surface area (Å²) >= 11 is 0. The van der Waals surface area contributed by atoms with Crippen molar-refractivity contribution in [2.75, 3.05) is 25.0 Å². The van der Waals surface area contributed by atoms with Crippen molar-refractivity contribution < 1.29 is 9.18 Å². The monoisotopic (exact) mass is 222 g/mol. The number of nitrogens with one attached hydrogen (secondary N) is 1. The Balaban J connectivity index is 2.63. The van der Waals surface area contributed by atoms with Crippen molar-refractivity contribution in [3.8, 4) is 0 Å². The van der Waals surface area contributed by atoms with Gasteiger partial charge < -0.3 is 10.2 Å². The molecule has 16 heavy (non-hydrogen) atoms. The third-order valence-electron chi connectivity index (χ3n) is 2.15. The van der Waals surface area contributed by atoms with Gasteiger partial charge >= 0.3 is 0 Å². The quantitative estimate of drug-likeness (QED) is 0.605. The molecule has 0 aliphatic carbocycles. The number of para-hydroxylation sites is 1. The molecule has 0 spiro atoms. The molecule has 0 heterocycles. The highest BCUT2D eigenvalue weighted by molar-refractivity contribution is 5.94. The summed E-state index contributed by atoms with van der Waals surface area (Å²) in [5.41, 5.74) is 0.285. The average Bonchev–Trinajstić information content (AvgIpc) is 2.29. The molecule has 1 aromatic rings. The lowest BCUT2D eigenvalue weighted by atomic mass is 10.3. The summed E-state index contributed by atoms with van der Waals surface area (Å²) in [6.45, 7) is 4.24. The second-order valence-corrected chi connectivity index (χ2v) is 3.32. The molecule has 0 atom stereocenters. The SMILES string of the molecule is C=CCNCC(=O)N(C)c1ccccc1F. The Morgan fingerprint density at radius 3 is 2.88 bits per heavy atom. The van der Waals surface area contributed by atoms with Gasteiger partial charge in [-0.2, -0.15) is 0 Å². The summed E-state index contributed by atoms with van der Waals surface area (Å²) in [4.78, 5) is 12.9. The minimum Gasteiger partial charge on any atom is -0.312 e. The van der Waals surface area contributed by atoms with Gasteiger partial charge in [0.25, 0.3) is 0 Å². The number of carbonyl (C=O) groups is 1. The Bertz CT molecular complexity index is 379. The van der Waals surface area contributed by atoms with Gasteiger partial charge in [0.2, 0.25) is 5.91 Å². The van der Waals surface area contributed by atoms with Crippen LogP contribution in [0, 0.1) is 5.82 Å². The van der Waals surface area contributed by atoms with Crippen molar-refractivity contribution in [1.29, 1.82) is 0 Å². The van der Waals surface area contributed by atoms with Gasteiger partial charge in [-0.1, -0.05) is 18.2 Å². The molecule has 0 saturated heterocycles. The van der Waals surface area contributed by atoms with Crippen LogP contribution in [0.5, 0.6) is 0 Å². The number of hydrogen-bond donors (Lipinski definition) is 1. The Kier molecular flexibility index (Phi) is 4.66. The first-order chi connectivity index (χ1) is 7.66. The number of benzene rings is 1. The number of rotatable bonds is 5. The number of likely N-dealkylation sites (N-methyl/N-ethyl adjacent to an activating group) is 1. The van der Waals surface area contributed by atoms with E-state index < -0.39 is 5.82 Å². The van der Waals surface area contributed by atoms with Gasteiger partial charge in [0.15, 0.2) is 0 Å². The molecule has 1 rings (SSSR count). The Labute approximate surface area is 94.6 Å². The maximum Gasteiger partial charge on any atom is 0.240 e. The van der Waals surface area contributed by atoms with Crippen LogP contribution in [0.1, 0.15) is 0 Å². The molecule has 1 N–H and O–H groups in total. The van der Waals surface area contributed by atoms with E-state index in [9.17, 15) is 9.18 Å². The van der Waals surface area contributed by atoms with Gasteiger partial charge in [-0.15, -0.1) is 6.58 Å². The molecule has 4 heteroatoms. The Morgan fingerprint density at radius 1 is 1.56 bits per heavy atom. The first-order valence-electron chi connectivity index (χ1n) is 4.99. The van der Waals surface area contributed by atoms with Gasteiger partial charge in [0.1, 0.15) is 5.82 Å². The number of anilines is 1. The molecule has 0 aromatic heterocycles. The minimum atomic E-state index is -0.401. The van der Waals surface area contributed by atoms with E-state index in [0.29, 0.717) is 6.54 Å². The van der Waals surface area contributed by atoms with Crippen molar-refractivity contribution >= 4 is 11.6 Å². The first kappa shape index (κ1) is 12.4. The normalized spacial score (nSPS) is 9.88. The number of nitrogens with zero attached hydrogens (tertiary/aromatic N) is 1. The zero-order valence-corrected chi connectivity index (χ0v) is 9.24. The zero-order valence-electron chi connectivity index (χ0n) is 9.24. The number of halogens is 1. The van der Waals surface area contributed by atoms with Crippen LogP contribution < -0.4 is 10.2 Å². The summed E-state index contributed by atoms with van der Waals surface area (Å²) in [6, 6.07) is 6.18. The smallest absolute Gasteiger partial charge is 0.240 e. The van der Waals surface area contributed by atoms with E-state index in [1.807, 2.05) is 0 Å². The van der Waals surface area contributed by atoms with Crippen molar-refractivity contribution in [3.05, 3.63) is 42.7 Å². The van der Waals surface area contributed by atoms with E-state index in [4.69, 9.17) is 0 Å². The molecule has 0 fully saturated rings. The Morgan fingerprint density at radius 2 is 2.25 bits per heavy atom. The van der Waals surface area contributed by atoms with E-state index in [1.54, 1.807) is 31.3 Å². The summed E-state index contributed by atoms with van der Waals surface area (Å²) in [5, 5.41) is 2.87. The fraction of sp³-hybridized carbons (Fsp3) is 0.250. The molecule has 0 aliphatic heterocycles. The summed E-state index contributed by atoms with van der Waals surface area (Å²) in [5.74, 6) is -0.589. The van der Waals surface area contributed by atoms with Crippen LogP contribution in [0.4, 0.5) is 10.1 Å². The van der Waals surface area contributed by atoms with Crippen LogP contribution in [0.25, 0.3) is 0 Å². The third-order valence-corrected chi connectivity index (χ3v) is 2.15. The van der Waals surface area contributed by atoms with Gasteiger partial charge in [0.05, 0.1) is 12.2 Å². The summed E-state index contributed by atoms with van der Waals surface area (Å²) in [7, 11) is 1.55. The van der Waals surface area contributed by atoms with Crippen LogP contribution in [-0.2, 0) is 4.79 Å². The van der Waals surface area contributed by atoms with Gasteiger partial charge in [-0.25, -0.2) is 4.39 Å². The fourth-order valence-corrected chi connectivity index (χ4v) is 1.26. The predicted octanol–water partition coefficient (Wildman–Crippen LogP) is 1.56. The molecule has 86 valence electrons. The van der Waals surface area contributed by atoms with E-state index in [0.717, 1.165) is 0 Å². The van der Waals surface area contributed by atoms with Crippen LogP contribution in [0.15, 0.2) is 36.9 Å². The largest absolute Gasteiger partial charge is 0.312 e. The molecule has 1 aromatic carbocycles. The lowest BCUT2D eigenvalue weighted by Gasteiger charge is -2.17. The minimum absolute atomic E-state index is 0.164. The van der Waals surface area contributed by atoms with Gasteiger partial charge in [-0.3, -0.25) is 4.79 Å². The predicted molar refractivity (Wildman–Crippen MR) is 62.9 cm³/mol. The molecule has 1 amide bonds. The van der Waals surface area contributed by atoms with E-state index in [1.165, 1.54) is 11.0 Å². The molecular formula is C12H15FN2O. The number of amides is 1. The number of carbonyl (C=O) groups excluding carboxylic acids is 1. The standard InChI is InChI=1S/C12H15FN2O/c1-3-8-14-9-12(16)15(2)11-7-5-4-6-10(11)13/h3-7,14H,1,8-9H2,2H3. The molecule has 0 bridgehead atoms. The summed E-state index contributed by atoms with van der Waals surface area (Å²) in [6.07, 6.45) is 1.66. The average molecular weight is 222 g/mol. The van der Waals surface area contributed by atoms with E-state index in [2.05, 4.69) is 11.9 Å². The van der Waals surface area contributed by atoms with Crippen molar-refractivity contribution in [2.24, 2.45) is 0 Å². The maximum absolute atomic E-state index is 13.4. The molecular weight excluding hydrogens is 207 g/mol. The molecule has 3 nitrogen and oxygen atoms in total. The second kappa shape index (κ2) is 6.02. The van der Waals surface area contributed by atoms with Crippen LogP contribution >= 0.6 is 0 Å². The van der Waals surface area contributed by atoms with Crippen LogP contribution in [-0.4, -0.2) is 26.0 Å². The molecule has 0 radical (unpaired) electrons. The van der Waals surface area contributed by atoms with Crippen molar-refractivity contribution in [3.63, 3.8) is 0 Å². The second-order valence-electron chi connectivity index (χ2n) is 3.32. The third kappa shape index (κ3) is 3.17.